The van der Waals surface area contributed by atoms with Gasteiger partial charge in [-0.25, -0.2) is 9.37 Å². The zero-order chi connectivity index (χ0) is 16.4. The number of ether oxygens (including phenoxy) is 1. The van der Waals surface area contributed by atoms with Gasteiger partial charge in [-0.1, -0.05) is 12.1 Å². The highest BCUT2D eigenvalue weighted by Crippen LogP contribution is 2.28. The van der Waals surface area contributed by atoms with Crippen LogP contribution in [0.5, 0.6) is 0 Å². The lowest BCUT2D eigenvalue weighted by atomic mass is 9.98. The monoisotopic (exact) mass is 317 g/mol. The number of imidazole rings is 1. The molecule has 6 heteroatoms. The minimum absolute atomic E-state index is 0.0204. The predicted octanol–water partition coefficient (Wildman–Crippen LogP) is 1.87. The number of amides is 1. The molecule has 1 amide bonds. The molecule has 1 aromatic heterocycles. The fraction of sp³-hybridized carbons (Fsp3) is 0.412. The van der Waals surface area contributed by atoms with E-state index in [1.807, 2.05) is 11.6 Å². The highest BCUT2D eigenvalue weighted by molar-refractivity contribution is 5.79. The van der Waals surface area contributed by atoms with Crippen molar-refractivity contribution in [1.82, 2.24) is 14.5 Å². The Morgan fingerprint density at radius 2 is 2.30 bits per heavy atom. The van der Waals surface area contributed by atoms with Crippen LogP contribution in [-0.2, 0) is 29.5 Å². The van der Waals surface area contributed by atoms with Crippen molar-refractivity contribution in [3.63, 3.8) is 0 Å². The van der Waals surface area contributed by atoms with E-state index in [-0.39, 0.29) is 24.1 Å². The summed E-state index contributed by atoms with van der Waals surface area (Å²) >= 11 is 0. The number of hydrogen-bond acceptors (Lipinski definition) is 3. The van der Waals surface area contributed by atoms with Gasteiger partial charge in [0.25, 0.3) is 0 Å². The van der Waals surface area contributed by atoms with Gasteiger partial charge in [0.15, 0.2) is 0 Å². The molecule has 0 fully saturated rings. The molecule has 0 radical (unpaired) electrons. The number of fused-ring (bicyclic) bond motifs is 1. The number of carbonyl (C=O) groups is 1. The lowest BCUT2D eigenvalue weighted by Gasteiger charge is -2.32. The molecule has 0 unspecified atom stereocenters. The van der Waals surface area contributed by atoms with E-state index >= 15 is 0 Å². The van der Waals surface area contributed by atoms with Crippen LogP contribution < -0.4 is 0 Å². The molecule has 2 heterocycles. The van der Waals surface area contributed by atoms with Gasteiger partial charge in [0.1, 0.15) is 5.82 Å². The second-order valence-electron chi connectivity index (χ2n) is 5.92. The average Bonchev–Trinajstić information content (AvgIpc) is 2.89. The molecular weight excluding hydrogens is 297 g/mol. The normalized spacial score (nSPS) is 17.2. The Kier molecular flexibility index (Phi) is 4.43. The molecule has 0 saturated heterocycles. The third-order valence-corrected chi connectivity index (χ3v) is 4.20. The molecule has 2 aromatic rings. The van der Waals surface area contributed by atoms with Gasteiger partial charge < -0.3 is 14.2 Å². The number of methoxy groups -OCH3 is 1. The highest BCUT2D eigenvalue weighted by atomic mass is 19.1. The molecular formula is C17H20FN3O2. The predicted molar refractivity (Wildman–Crippen MR) is 83.3 cm³/mol. The Bertz CT molecular complexity index is 714. The van der Waals surface area contributed by atoms with Crippen LogP contribution in [0, 0.1) is 5.82 Å². The highest BCUT2D eigenvalue weighted by Gasteiger charge is 2.31. The molecule has 1 aliphatic rings. The van der Waals surface area contributed by atoms with Crippen LogP contribution in [-0.4, -0.2) is 40.6 Å². The van der Waals surface area contributed by atoms with E-state index in [0.29, 0.717) is 25.3 Å². The molecule has 23 heavy (non-hydrogen) atoms. The summed E-state index contributed by atoms with van der Waals surface area (Å²) in [5.41, 5.74) is 2.72. The van der Waals surface area contributed by atoms with Crippen LogP contribution in [0.3, 0.4) is 0 Å². The Morgan fingerprint density at radius 3 is 3.04 bits per heavy atom. The number of hydrogen-bond donors (Lipinski definition) is 0. The van der Waals surface area contributed by atoms with Crippen molar-refractivity contribution < 1.29 is 13.9 Å². The molecule has 0 aliphatic carbocycles. The largest absolute Gasteiger partial charge is 0.384 e. The number of aromatic nitrogens is 2. The van der Waals surface area contributed by atoms with Crippen molar-refractivity contribution in [2.75, 3.05) is 20.3 Å². The van der Waals surface area contributed by atoms with Crippen molar-refractivity contribution in [3.05, 3.63) is 53.4 Å². The molecule has 0 spiro atoms. The standard InChI is InChI=1S/C17H20FN3O2/c1-20-11-19-15-9-21(8-13(10-23-2)17(15)20)16(22)7-12-4-3-5-14(18)6-12/h3-6,11,13H,7-10H2,1-2H3/t13-/m0/s1. The first-order valence-electron chi connectivity index (χ1n) is 7.59. The topological polar surface area (TPSA) is 47.4 Å². The first-order valence-corrected chi connectivity index (χ1v) is 7.59. The summed E-state index contributed by atoms with van der Waals surface area (Å²) in [5, 5.41) is 0. The first-order chi connectivity index (χ1) is 11.1. The lowest BCUT2D eigenvalue weighted by molar-refractivity contribution is -0.132. The maximum absolute atomic E-state index is 13.3. The van der Waals surface area contributed by atoms with Gasteiger partial charge in [-0.3, -0.25) is 4.79 Å². The van der Waals surface area contributed by atoms with Gasteiger partial charge in [-0.2, -0.15) is 0 Å². The molecule has 5 nitrogen and oxygen atoms in total. The second-order valence-corrected chi connectivity index (χ2v) is 5.92. The van der Waals surface area contributed by atoms with Crippen LogP contribution >= 0.6 is 0 Å². The van der Waals surface area contributed by atoms with E-state index in [9.17, 15) is 9.18 Å². The minimum atomic E-state index is -0.321. The Hall–Kier alpha value is -2.21. The van der Waals surface area contributed by atoms with E-state index in [4.69, 9.17) is 4.74 Å². The van der Waals surface area contributed by atoms with Gasteiger partial charge in [-0.05, 0) is 17.7 Å². The van der Waals surface area contributed by atoms with Crippen LogP contribution in [0.15, 0.2) is 30.6 Å². The van der Waals surface area contributed by atoms with E-state index in [2.05, 4.69) is 4.98 Å². The quantitative estimate of drug-likeness (QED) is 0.865. The summed E-state index contributed by atoms with van der Waals surface area (Å²) in [6, 6.07) is 6.17. The van der Waals surface area contributed by atoms with Gasteiger partial charge in [0.2, 0.25) is 5.91 Å². The SMILES string of the molecule is COC[C@@H]1CN(C(=O)Cc2cccc(F)c2)Cc2ncn(C)c21. The molecule has 0 bridgehead atoms. The van der Waals surface area contributed by atoms with Crippen LogP contribution in [0.25, 0.3) is 0 Å². The van der Waals surface area contributed by atoms with E-state index in [1.165, 1.54) is 12.1 Å². The summed E-state index contributed by atoms with van der Waals surface area (Å²) in [5.74, 6) is -0.237. The van der Waals surface area contributed by atoms with Gasteiger partial charge in [0, 0.05) is 32.3 Å². The van der Waals surface area contributed by atoms with E-state index < -0.39 is 0 Å². The Balaban J connectivity index is 1.77. The number of halogens is 1. The van der Waals surface area contributed by atoms with Crippen molar-refractivity contribution in [3.8, 4) is 0 Å². The zero-order valence-electron chi connectivity index (χ0n) is 13.3. The van der Waals surface area contributed by atoms with Crippen LogP contribution in [0.2, 0.25) is 0 Å². The van der Waals surface area contributed by atoms with E-state index in [1.54, 1.807) is 30.5 Å². The van der Waals surface area contributed by atoms with E-state index in [0.717, 1.165) is 11.4 Å². The summed E-state index contributed by atoms with van der Waals surface area (Å²) in [4.78, 5) is 18.8. The number of benzene rings is 1. The molecule has 122 valence electrons. The number of nitrogens with zero attached hydrogens (tertiary/aromatic N) is 3. The zero-order valence-corrected chi connectivity index (χ0v) is 13.3. The molecule has 1 aromatic carbocycles. The molecule has 0 saturated carbocycles. The third-order valence-electron chi connectivity index (χ3n) is 4.20. The maximum Gasteiger partial charge on any atom is 0.227 e. The van der Waals surface area contributed by atoms with Gasteiger partial charge in [-0.15, -0.1) is 0 Å². The molecule has 1 atom stereocenters. The van der Waals surface area contributed by atoms with Crippen molar-refractivity contribution in [2.45, 2.75) is 18.9 Å². The summed E-state index contributed by atoms with van der Waals surface area (Å²) in [6.45, 7) is 1.62. The van der Waals surface area contributed by atoms with Crippen molar-refractivity contribution in [2.24, 2.45) is 7.05 Å². The van der Waals surface area contributed by atoms with Crippen LogP contribution in [0.4, 0.5) is 4.39 Å². The summed E-state index contributed by atoms with van der Waals surface area (Å²) in [6.07, 6.45) is 1.97. The van der Waals surface area contributed by atoms with Crippen LogP contribution in [0.1, 0.15) is 22.9 Å². The Labute approximate surface area is 134 Å². The number of carbonyl (C=O) groups excluding carboxylic acids is 1. The number of rotatable bonds is 4. The van der Waals surface area contributed by atoms with Crippen molar-refractivity contribution >= 4 is 5.91 Å². The Morgan fingerprint density at radius 1 is 1.48 bits per heavy atom. The fourth-order valence-electron chi connectivity index (χ4n) is 3.19. The molecule has 3 rings (SSSR count). The maximum atomic E-state index is 13.3. The smallest absolute Gasteiger partial charge is 0.227 e. The molecule has 1 aliphatic heterocycles. The summed E-state index contributed by atoms with van der Waals surface area (Å²) < 4.78 is 20.6. The molecule has 0 N–H and O–H groups in total. The van der Waals surface area contributed by atoms with Gasteiger partial charge >= 0.3 is 0 Å². The first kappa shape index (κ1) is 15.7. The van der Waals surface area contributed by atoms with Crippen molar-refractivity contribution in [1.29, 1.82) is 0 Å². The third kappa shape index (κ3) is 3.27. The second kappa shape index (κ2) is 6.50. The summed E-state index contributed by atoms with van der Waals surface area (Å²) in [7, 11) is 3.61. The minimum Gasteiger partial charge on any atom is -0.384 e. The lowest BCUT2D eigenvalue weighted by Crippen LogP contribution is -2.40. The van der Waals surface area contributed by atoms with Gasteiger partial charge in [0.05, 0.1) is 31.6 Å². The fourth-order valence-corrected chi connectivity index (χ4v) is 3.19. The average molecular weight is 317 g/mol. The number of aryl methyl sites for hydroxylation is 1.